The number of amides is 3. The number of benzene rings is 2. The van der Waals surface area contributed by atoms with Gasteiger partial charge in [0.05, 0.1) is 5.54 Å². The number of carbonyl (C=O) groups is 2. The first kappa shape index (κ1) is 18.5. The molecule has 0 bridgehead atoms. The summed E-state index contributed by atoms with van der Waals surface area (Å²) in [4.78, 5) is 23.9. The number of aryl methyl sites for hydroxylation is 1. The Labute approximate surface area is 147 Å². The molecule has 0 aromatic heterocycles. The van der Waals surface area contributed by atoms with Crippen LogP contribution >= 0.6 is 0 Å². The molecule has 0 aliphatic heterocycles. The van der Waals surface area contributed by atoms with Crippen molar-refractivity contribution >= 4 is 23.3 Å². The van der Waals surface area contributed by atoms with Crippen molar-refractivity contribution in [2.45, 2.75) is 32.9 Å². The van der Waals surface area contributed by atoms with E-state index in [0.717, 1.165) is 16.8 Å². The van der Waals surface area contributed by atoms with Crippen LogP contribution in [0.1, 0.15) is 25.0 Å². The van der Waals surface area contributed by atoms with Crippen LogP contribution in [-0.4, -0.2) is 17.5 Å². The van der Waals surface area contributed by atoms with E-state index in [1.807, 2.05) is 43.3 Å². The Morgan fingerprint density at radius 3 is 2.20 bits per heavy atom. The maximum absolute atomic E-state index is 12.1. The first-order valence-corrected chi connectivity index (χ1v) is 8.05. The summed E-state index contributed by atoms with van der Waals surface area (Å²) >= 11 is 0. The van der Waals surface area contributed by atoms with Crippen molar-refractivity contribution in [1.29, 1.82) is 0 Å². The summed E-state index contributed by atoms with van der Waals surface area (Å²) in [5.74, 6) is -0.233. The van der Waals surface area contributed by atoms with Gasteiger partial charge in [-0.2, -0.15) is 0 Å². The van der Waals surface area contributed by atoms with Crippen LogP contribution in [0, 0.1) is 6.92 Å². The molecule has 5 N–H and O–H groups in total. The molecule has 2 rings (SSSR count). The number of anilines is 2. The summed E-state index contributed by atoms with van der Waals surface area (Å²) in [6.07, 6.45) is 0. The quantitative estimate of drug-likeness (QED) is 0.674. The predicted octanol–water partition coefficient (Wildman–Crippen LogP) is 2.99. The third kappa shape index (κ3) is 5.93. The van der Waals surface area contributed by atoms with E-state index in [-0.39, 0.29) is 11.9 Å². The lowest BCUT2D eigenvalue weighted by atomic mass is 10.1. The van der Waals surface area contributed by atoms with Gasteiger partial charge in [0.2, 0.25) is 5.91 Å². The maximum atomic E-state index is 12.1. The minimum Gasteiger partial charge on any atom is -0.350 e. The van der Waals surface area contributed by atoms with E-state index in [9.17, 15) is 9.59 Å². The van der Waals surface area contributed by atoms with Gasteiger partial charge in [0.1, 0.15) is 0 Å². The topological polar surface area (TPSA) is 96.2 Å². The Morgan fingerprint density at radius 1 is 1.00 bits per heavy atom. The van der Waals surface area contributed by atoms with Gasteiger partial charge in [0.25, 0.3) is 0 Å². The van der Waals surface area contributed by atoms with E-state index >= 15 is 0 Å². The van der Waals surface area contributed by atoms with Crippen molar-refractivity contribution in [3.05, 3.63) is 59.7 Å². The van der Waals surface area contributed by atoms with Gasteiger partial charge >= 0.3 is 6.03 Å². The summed E-state index contributed by atoms with van der Waals surface area (Å²) in [6, 6.07) is 14.5. The van der Waals surface area contributed by atoms with Gasteiger partial charge in [-0.15, -0.1) is 0 Å². The molecule has 6 heteroatoms. The zero-order chi connectivity index (χ0) is 18.4. The van der Waals surface area contributed by atoms with Crippen LogP contribution in [0.5, 0.6) is 0 Å². The van der Waals surface area contributed by atoms with Crippen molar-refractivity contribution in [3.8, 4) is 0 Å². The number of rotatable bonds is 5. The van der Waals surface area contributed by atoms with Gasteiger partial charge in [0.15, 0.2) is 0 Å². The molecule has 0 aliphatic carbocycles. The highest BCUT2D eigenvalue weighted by Crippen LogP contribution is 2.13. The van der Waals surface area contributed by atoms with Crippen LogP contribution in [0.25, 0.3) is 0 Å². The minimum atomic E-state index is -0.927. The highest BCUT2D eigenvalue weighted by molar-refractivity contribution is 5.99. The van der Waals surface area contributed by atoms with Crippen LogP contribution in [0.3, 0.4) is 0 Å². The van der Waals surface area contributed by atoms with Crippen LogP contribution < -0.4 is 21.7 Å². The zero-order valence-corrected chi connectivity index (χ0v) is 14.7. The molecule has 0 saturated carbocycles. The fourth-order valence-corrected chi connectivity index (χ4v) is 2.19. The first-order valence-electron chi connectivity index (χ1n) is 8.05. The molecule has 132 valence electrons. The normalized spacial score (nSPS) is 10.9. The Kier molecular flexibility index (Phi) is 5.77. The number of nitrogens with two attached hydrogens (primary N) is 1. The highest BCUT2D eigenvalue weighted by atomic mass is 16.2. The van der Waals surface area contributed by atoms with Crippen LogP contribution in [-0.2, 0) is 11.3 Å². The van der Waals surface area contributed by atoms with E-state index in [2.05, 4.69) is 16.0 Å². The summed E-state index contributed by atoms with van der Waals surface area (Å²) in [7, 11) is 0. The highest BCUT2D eigenvalue weighted by Gasteiger charge is 2.21. The number of hydrogen-bond acceptors (Lipinski definition) is 3. The Morgan fingerprint density at radius 2 is 1.60 bits per heavy atom. The second-order valence-electron chi connectivity index (χ2n) is 6.55. The monoisotopic (exact) mass is 340 g/mol. The summed E-state index contributed by atoms with van der Waals surface area (Å²) in [5.41, 5.74) is 8.12. The summed E-state index contributed by atoms with van der Waals surface area (Å²) < 4.78 is 0. The van der Waals surface area contributed by atoms with Crippen molar-refractivity contribution in [2.75, 3.05) is 10.6 Å². The molecule has 0 saturated heterocycles. The standard InChI is InChI=1S/C19H24N4O2/c1-13-6-4-8-15(10-13)22-18(25)23-16-9-5-7-14(11-16)12-21-17(24)19(2,3)20/h4-11H,12,20H2,1-3H3,(H,21,24)(H2,22,23,25). The average molecular weight is 340 g/mol. The lowest BCUT2D eigenvalue weighted by Crippen LogP contribution is -2.48. The molecule has 2 aromatic carbocycles. The zero-order valence-electron chi connectivity index (χ0n) is 14.7. The molecular weight excluding hydrogens is 316 g/mol. The molecule has 2 aromatic rings. The third-order valence-corrected chi connectivity index (χ3v) is 3.50. The second-order valence-corrected chi connectivity index (χ2v) is 6.55. The van der Waals surface area contributed by atoms with Crippen molar-refractivity contribution in [1.82, 2.24) is 5.32 Å². The molecule has 0 atom stereocenters. The van der Waals surface area contributed by atoms with Crippen molar-refractivity contribution < 1.29 is 9.59 Å². The Bertz CT molecular complexity index is 766. The van der Waals surface area contributed by atoms with Crippen molar-refractivity contribution in [2.24, 2.45) is 5.73 Å². The number of carbonyl (C=O) groups excluding carboxylic acids is 2. The van der Waals surface area contributed by atoms with Gasteiger partial charge in [-0.3, -0.25) is 4.79 Å². The summed E-state index contributed by atoms with van der Waals surface area (Å²) in [6.45, 7) is 5.60. The molecule has 0 fully saturated rings. The largest absolute Gasteiger partial charge is 0.350 e. The average Bonchev–Trinajstić information content (AvgIpc) is 2.52. The van der Waals surface area contributed by atoms with Crippen molar-refractivity contribution in [3.63, 3.8) is 0 Å². The van der Waals surface area contributed by atoms with E-state index in [1.165, 1.54) is 0 Å². The van der Waals surface area contributed by atoms with Gasteiger partial charge in [-0.05, 0) is 56.2 Å². The first-order chi connectivity index (χ1) is 11.7. The summed E-state index contributed by atoms with van der Waals surface area (Å²) in [5, 5.41) is 8.34. The van der Waals surface area contributed by atoms with E-state index in [4.69, 9.17) is 5.73 Å². The molecule has 0 spiro atoms. The molecule has 0 heterocycles. The third-order valence-electron chi connectivity index (χ3n) is 3.50. The number of nitrogens with one attached hydrogen (secondary N) is 3. The van der Waals surface area contributed by atoms with Crippen LogP contribution in [0.2, 0.25) is 0 Å². The van der Waals surface area contributed by atoms with Gasteiger partial charge in [-0.25, -0.2) is 4.79 Å². The fourth-order valence-electron chi connectivity index (χ4n) is 2.19. The van der Waals surface area contributed by atoms with E-state index < -0.39 is 5.54 Å². The molecule has 0 unspecified atom stereocenters. The van der Waals surface area contributed by atoms with Gasteiger partial charge < -0.3 is 21.7 Å². The SMILES string of the molecule is Cc1cccc(NC(=O)Nc2cccc(CNC(=O)C(C)(C)N)c2)c1. The fraction of sp³-hybridized carbons (Fsp3) is 0.263. The molecule has 0 aliphatic rings. The van der Waals surface area contributed by atoms with Crippen LogP contribution in [0.15, 0.2) is 48.5 Å². The van der Waals surface area contributed by atoms with E-state index in [0.29, 0.717) is 12.2 Å². The van der Waals surface area contributed by atoms with Gasteiger partial charge in [-0.1, -0.05) is 24.3 Å². The Hall–Kier alpha value is -2.86. The van der Waals surface area contributed by atoms with E-state index in [1.54, 1.807) is 26.0 Å². The molecule has 25 heavy (non-hydrogen) atoms. The lowest BCUT2D eigenvalue weighted by Gasteiger charge is -2.18. The molecule has 6 nitrogen and oxygen atoms in total. The molecule has 0 radical (unpaired) electrons. The minimum absolute atomic E-state index is 0.233. The molecular formula is C19H24N4O2. The number of urea groups is 1. The molecule has 3 amide bonds. The van der Waals surface area contributed by atoms with Gasteiger partial charge in [0, 0.05) is 17.9 Å². The smallest absolute Gasteiger partial charge is 0.323 e. The maximum Gasteiger partial charge on any atom is 0.323 e. The Balaban J connectivity index is 1.94. The lowest BCUT2D eigenvalue weighted by molar-refractivity contribution is -0.125. The second kappa shape index (κ2) is 7.81. The number of hydrogen-bond donors (Lipinski definition) is 4. The van der Waals surface area contributed by atoms with Crippen LogP contribution in [0.4, 0.5) is 16.2 Å². The predicted molar refractivity (Wildman–Crippen MR) is 100 cm³/mol.